The zero-order valence-electron chi connectivity index (χ0n) is 19.5. The molecule has 4 rings (SSSR count). The van der Waals surface area contributed by atoms with Gasteiger partial charge in [0.15, 0.2) is 0 Å². The summed E-state index contributed by atoms with van der Waals surface area (Å²) in [5.74, 6) is -0.439. The van der Waals surface area contributed by atoms with E-state index in [1.54, 1.807) is 25.2 Å². The van der Waals surface area contributed by atoms with Crippen molar-refractivity contribution in [2.45, 2.75) is 23.8 Å². The summed E-state index contributed by atoms with van der Waals surface area (Å²) in [7, 11) is -2.10. The van der Waals surface area contributed by atoms with Crippen molar-refractivity contribution in [1.29, 1.82) is 0 Å². The summed E-state index contributed by atoms with van der Waals surface area (Å²) >= 11 is 0. The SMILES string of the molecule is CN(CC(=O)NC1CC1)C(=O)CNc1cc(S(=O)(=O)N2CCOCC2)ccc1N1CCOCC1. The van der Waals surface area contributed by atoms with Gasteiger partial charge in [0.25, 0.3) is 0 Å². The summed E-state index contributed by atoms with van der Waals surface area (Å²) in [4.78, 5) is 28.3. The average molecular weight is 496 g/mol. The second-order valence-electron chi connectivity index (χ2n) is 8.74. The fraction of sp³-hybridized carbons (Fsp3) is 0.636. The Hall–Kier alpha value is -2.41. The minimum atomic E-state index is -3.69. The Kier molecular flexibility index (Phi) is 7.91. The number of nitrogens with zero attached hydrogens (tertiary/aromatic N) is 3. The number of morpholine rings is 2. The number of sulfonamides is 1. The number of nitrogens with one attached hydrogen (secondary N) is 2. The van der Waals surface area contributed by atoms with Crippen molar-refractivity contribution in [3.63, 3.8) is 0 Å². The average Bonchev–Trinajstić information content (AvgIpc) is 3.67. The van der Waals surface area contributed by atoms with Crippen LogP contribution in [0.4, 0.5) is 11.4 Å². The Morgan fingerprint density at radius 1 is 1.06 bits per heavy atom. The molecule has 1 aromatic carbocycles. The van der Waals surface area contributed by atoms with E-state index in [0.29, 0.717) is 58.3 Å². The molecule has 1 aliphatic carbocycles. The molecule has 12 heteroatoms. The van der Waals surface area contributed by atoms with Gasteiger partial charge in [0.1, 0.15) is 0 Å². The van der Waals surface area contributed by atoms with Crippen LogP contribution in [0.25, 0.3) is 0 Å². The molecule has 0 aromatic heterocycles. The van der Waals surface area contributed by atoms with Crippen LogP contribution in [0, 0.1) is 0 Å². The van der Waals surface area contributed by atoms with Crippen molar-refractivity contribution in [3.8, 4) is 0 Å². The number of hydrogen-bond acceptors (Lipinski definition) is 8. The molecule has 0 radical (unpaired) electrons. The van der Waals surface area contributed by atoms with Crippen LogP contribution < -0.4 is 15.5 Å². The van der Waals surface area contributed by atoms with Crippen LogP contribution in [0.1, 0.15) is 12.8 Å². The van der Waals surface area contributed by atoms with Crippen LogP contribution in [-0.4, -0.2) is 108 Å². The van der Waals surface area contributed by atoms with E-state index in [9.17, 15) is 18.0 Å². The molecule has 1 aromatic rings. The first-order valence-corrected chi connectivity index (χ1v) is 13.1. The maximum atomic E-state index is 13.2. The van der Waals surface area contributed by atoms with E-state index in [0.717, 1.165) is 18.5 Å². The lowest BCUT2D eigenvalue weighted by atomic mass is 10.2. The highest BCUT2D eigenvalue weighted by atomic mass is 32.2. The van der Waals surface area contributed by atoms with E-state index >= 15 is 0 Å². The molecule has 11 nitrogen and oxygen atoms in total. The Morgan fingerprint density at radius 2 is 1.71 bits per heavy atom. The normalized spacial score (nSPS) is 19.5. The quantitative estimate of drug-likeness (QED) is 0.479. The molecular weight excluding hydrogens is 462 g/mol. The largest absolute Gasteiger partial charge is 0.379 e. The minimum Gasteiger partial charge on any atom is -0.379 e. The van der Waals surface area contributed by atoms with Crippen molar-refractivity contribution in [1.82, 2.24) is 14.5 Å². The van der Waals surface area contributed by atoms with Crippen molar-refractivity contribution >= 4 is 33.2 Å². The Morgan fingerprint density at radius 3 is 2.35 bits per heavy atom. The minimum absolute atomic E-state index is 0.0151. The van der Waals surface area contributed by atoms with Gasteiger partial charge in [-0.2, -0.15) is 4.31 Å². The van der Waals surface area contributed by atoms with Gasteiger partial charge in [-0.25, -0.2) is 8.42 Å². The van der Waals surface area contributed by atoms with Gasteiger partial charge in [-0.1, -0.05) is 0 Å². The monoisotopic (exact) mass is 495 g/mol. The molecule has 0 bridgehead atoms. The molecule has 2 amide bonds. The lowest BCUT2D eigenvalue weighted by Gasteiger charge is -2.31. The molecule has 3 aliphatic rings. The first-order valence-electron chi connectivity index (χ1n) is 11.7. The standard InChI is InChI=1S/C22H33N5O6S/c1-25(16-21(28)24-17-2-3-17)22(29)15-23-19-14-18(34(30,31)27-8-12-33-13-9-27)4-5-20(19)26-6-10-32-11-7-26/h4-5,14,17,23H,2-3,6-13,15-16H2,1H3,(H,24,28). The number of anilines is 2. The number of likely N-dealkylation sites (N-methyl/N-ethyl adjacent to an activating group) is 1. The summed E-state index contributed by atoms with van der Waals surface area (Å²) in [6, 6.07) is 5.21. The van der Waals surface area contributed by atoms with Crippen molar-refractivity contribution < 1.29 is 27.5 Å². The van der Waals surface area contributed by atoms with Crippen LogP contribution in [0.5, 0.6) is 0 Å². The summed E-state index contributed by atoms with van der Waals surface area (Å²) in [6.07, 6.45) is 1.97. The highest BCUT2D eigenvalue weighted by Crippen LogP contribution is 2.31. The summed E-state index contributed by atoms with van der Waals surface area (Å²) in [5, 5.41) is 5.99. The molecule has 2 heterocycles. The summed E-state index contributed by atoms with van der Waals surface area (Å²) in [5.41, 5.74) is 1.37. The Balaban J connectivity index is 1.48. The maximum absolute atomic E-state index is 13.2. The molecule has 1 saturated carbocycles. The van der Waals surface area contributed by atoms with E-state index in [4.69, 9.17) is 9.47 Å². The number of carbonyl (C=O) groups excluding carboxylic acids is 2. The van der Waals surface area contributed by atoms with Crippen LogP contribution in [0.3, 0.4) is 0 Å². The third-order valence-corrected chi connectivity index (χ3v) is 8.00. The molecule has 0 unspecified atom stereocenters. The first kappa shape index (κ1) is 24.7. The second kappa shape index (κ2) is 10.9. The van der Waals surface area contributed by atoms with E-state index in [-0.39, 0.29) is 35.8 Å². The van der Waals surface area contributed by atoms with Gasteiger partial charge in [0.05, 0.1) is 55.8 Å². The number of benzene rings is 1. The highest BCUT2D eigenvalue weighted by molar-refractivity contribution is 7.89. The van der Waals surface area contributed by atoms with E-state index in [1.807, 2.05) is 0 Å². The maximum Gasteiger partial charge on any atom is 0.243 e. The summed E-state index contributed by atoms with van der Waals surface area (Å²) in [6.45, 7) is 3.75. The van der Waals surface area contributed by atoms with Crippen LogP contribution >= 0.6 is 0 Å². The number of amides is 2. The number of rotatable bonds is 9. The molecule has 34 heavy (non-hydrogen) atoms. The molecule has 0 atom stereocenters. The molecule has 188 valence electrons. The van der Waals surface area contributed by atoms with Gasteiger partial charge in [-0.15, -0.1) is 0 Å². The molecular formula is C22H33N5O6S. The number of ether oxygens (including phenoxy) is 2. The molecule has 2 N–H and O–H groups in total. The van der Waals surface area contributed by atoms with Crippen molar-refractivity contribution in [3.05, 3.63) is 18.2 Å². The Bertz CT molecular complexity index is 987. The lowest BCUT2D eigenvalue weighted by Crippen LogP contribution is -2.41. The Labute approximate surface area is 200 Å². The van der Waals surface area contributed by atoms with Crippen molar-refractivity contribution in [2.24, 2.45) is 0 Å². The molecule has 2 saturated heterocycles. The van der Waals surface area contributed by atoms with E-state index in [1.165, 1.54) is 9.21 Å². The first-order chi connectivity index (χ1) is 16.3. The predicted octanol–water partition coefficient (Wildman–Crippen LogP) is -0.307. The number of hydrogen-bond donors (Lipinski definition) is 2. The highest BCUT2D eigenvalue weighted by Gasteiger charge is 2.28. The third-order valence-electron chi connectivity index (χ3n) is 6.11. The fourth-order valence-corrected chi connectivity index (χ4v) is 5.38. The van der Waals surface area contributed by atoms with Gasteiger partial charge in [-0.3, -0.25) is 9.59 Å². The second-order valence-corrected chi connectivity index (χ2v) is 10.7. The molecule has 2 aliphatic heterocycles. The van der Waals surface area contributed by atoms with Gasteiger partial charge in [0, 0.05) is 39.3 Å². The van der Waals surface area contributed by atoms with Gasteiger partial charge < -0.3 is 29.9 Å². The number of carbonyl (C=O) groups is 2. The fourth-order valence-electron chi connectivity index (χ4n) is 3.94. The van der Waals surface area contributed by atoms with Crippen LogP contribution in [0.15, 0.2) is 23.1 Å². The van der Waals surface area contributed by atoms with Crippen molar-refractivity contribution in [2.75, 3.05) is 83.0 Å². The molecule has 3 fully saturated rings. The van der Waals surface area contributed by atoms with Gasteiger partial charge >= 0.3 is 0 Å². The van der Waals surface area contributed by atoms with Crippen LogP contribution in [0.2, 0.25) is 0 Å². The zero-order chi connectivity index (χ0) is 24.1. The molecule has 0 spiro atoms. The predicted molar refractivity (Wildman–Crippen MR) is 126 cm³/mol. The van der Waals surface area contributed by atoms with Gasteiger partial charge in [0.2, 0.25) is 21.8 Å². The smallest absolute Gasteiger partial charge is 0.243 e. The van der Waals surface area contributed by atoms with E-state index in [2.05, 4.69) is 15.5 Å². The topological polar surface area (TPSA) is 121 Å². The van der Waals surface area contributed by atoms with E-state index < -0.39 is 10.0 Å². The zero-order valence-corrected chi connectivity index (χ0v) is 20.3. The lowest BCUT2D eigenvalue weighted by molar-refractivity contribution is -0.133. The van der Waals surface area contributed by atoms with Gasteiger partial charge in [-0.05, 0) is 31.0 Å². The van der Waals surface area contributed by atoms with Crippen LogP contribution in [-0.2, 0) is 29.1 Å². The summed E-state index contributed by atoms with van der Waals surface area (Å²) < 4.78 is 38.5. The third kappa shape index (κ3) is 6.17.